The summed E-state index contributed by atoms with van der Waals surface area (Å²) >= 11 is 0. The van der Waals surface area contributed by atoms with E-state index in [1.54, 1.807) is 12.1 Å². The lowest BCUT2D eigenvalue weighted by molar-refractivity contribution is 0.227. The molecule has 3 rings (SSSR count). The maximum Gasteiger partial charge on any atom is 0.315 e. The van der Waals surface area contributed by atoms with Crippen LogP contribution in [0.4, 0.5) is 14.9 Å². The number of halogens is 1. The van der Waals surface area contributed by atoms with Gasteiger partial charge in [0.25, 0.3) is 0 Å². The van der Waals surface area contributed by atoms with Gasteiger partial charge in [0.05, 0.1) is 0 Å². The Morgan fingerprint density at radius 3 is 2.54 bits per heavy atom. The zero-order chi connectivity index (χ0) is 19.8. The summed E-state index contributed by atoms with van der Waals surface area (Å²) < 4.78 is 13.2. The van der Waals surface area contributed by atoms with E-state index in [2.05, 4.69) is 44.7 Å². The standard InChI is InChI=1S/C22H29FN4O/c1-18(25-22(28)24-17-19-6-5-7-20(23)16-19)10-11-26-12-14-27(15-13-26)21-8-3-2-4-9-21/h2-9,16,18H,10-15,17H2,1H3,(H2,24,25,28). The van der Waals surface area contributed by atoms with E-state index in [4.69, 9.17) is 0 Å². The average molecular weight is 384 g/mol. The Morgan fingerprint density at radius 1 is 1.07 bits per heavy atom. The molecule has 1 aliphatic heterocycles. The molecular weight excluding hydrogens is 355 g/mol. The molecule has 6 heteroatoms. The molecule has 1 heterocycles. The lowest BCUT2D eigenvalue weighted by atomic mass is 10.2. The number of amides is 2. The van der Waals surface area contributed by atoms with E-state index >= 15 is 0 Å². The second-order valence-electron chi connectivity index (χ2n) is 7.31. The minimum Gasteiger partial charge on any atom is -0.369 e. The van der Waals surface area contributed by atoms with Gasteiger partial charge in [-0.3, -0.25) is 4.90 Å². The minimum atomic E-state index is -0.291. The first-order valence-corrected chi connectivity index (χ1v) is 9.91. The molecule has 0 radical (unpaired) electrons. The van der Waals surface area contributed by atoms with Crippen molar-refractivity contribution in [1.82, 2.24) is 15.5 Å². The van der Waals surface area contributed by atoms with Gasteiger partial charge in [-0.05, 0) is 43.2 Å². The van der Waals surface area contributed by atoms with Crippen molar-refractivity contribution < 1.29 is 9.18 Å². The Labute approximate surface area is 166 Å². The van der Waals surface area contributed by atoms with Crippen LogP contribution in [0.1, 0.15) is 18.9 Å². The number of rotatable bonds is 7. The van der Waals surface area contributed by atoms with Gasteiger partial charge in [0, 0.05) is 51.0 Å². The predicted molar refractivity (Wildman–Crippen MR) is 111 cm³/mol. The molecule has 28 heavy (non-hydrogen) atoms. The number of hydrogen-bond acceptors (Lipinski definition) is 3. The number of benzene rings is 2. The highest BCUT2D eigenvalue weighted by Crippen LogP contribution is 2.15. The second-order valence-corrected chi connectivity index (χ2v) is 7.31. The van der Waals surface area contributed by atoms with Gasteiger partial charge < -0.3 is 15.5 Å². The van der Waals surface area contributed by atoms with Crippen molar-refractivity contribution >= 4 is 11.7 Å². The zero-order valence-corrected chi connectivity index (χ0v) is 16.4. The molecule has 2 amide bonds. The van der Waals surface area contributed by atoms with E-state index in [9.17, 15) is 9.18 Å². The molecule has 1 fully saturated rings. The molecule has 150 valence electrons. The molecule has 0 bridgehead atoms. The maximum absolute atomic E-state index is 13.2. The van der Waals surface area contributed by atoms with Crippen molar-refractivity contribution in [2.45, 2.75) is 25.9 Å². The summed E-state index contributed by atoms with van der Waals surface area (Å²) in [6.07, 6.45) is 0.902. The number of anilines is 1. The fourth-order valence-corrected chi connectivity index (χ4v) is 3.42. The number of hydrogen-bond donors (Lipinski definition) is 2. The summed E-state index contributed by atoms with van der Waals surface area (Å²) in [7, 11) is 0. The van der Waals surface area contributed by atoms with E-state index in [0.29, 0.717) is 6.54 Å². The second kappa shape index (κ2) is 10.1. The molecule has 1 aliphatic rings. The first kappa shape index (κ1) is 20.1. The van der Waals surface area contributed by atoms with Crippen LogP contribution >= 0.6 is 0 Å². The number of carbonyl (C=O) groups is 1. The van der Waals surface area contributed by atoms with Crippen LogP contribution in [0.25, 0.3) is 0 Å². The molecule has 0 spiro atoms. The summed E-state index contributed by atoms with van der Waals surface area (Å²) in [5.74, 6) is -0.291. The van der Waals surface area contributed by atoms with Crippen molar-refractivity contribution in [3.05, 3.63) is 66.0 Å². The number of nitrogens with one attached hydrogen (secondary N) is 2. The SMILES string of the molecule is CC(CCN1CCN(c2ccccc2)CC1)NC(=O)NCc1cccc(F)c1. The molecule has 0 aromatic heterocycles. The van der Waals surface area contributed by atoms with Crippen molar-refractivity contribution in [2.75, 3.05) is 37.6 Å². The van der Waals surface area contributed by atoms with Gasteiger partial charge in [-0.15, -0.1) is 0 Å². The summed E-state index contributed by atoms with van der Waals surface area (Å²) in [6.45, 7) is 7.42. The van der Waals surface area contributed by atoms with Crippen LogP contribution in [0.2, 0.25) is 0 Å². The predicted octanol–water partition coefficient (Wildman–Crippen LogP) is 3.23. The molecule has 0 aliphatic carbocycles. The zero-order valence-electron chi connectivity index (χ0n) is 16.4. The summed E-state index contributed by atoms with van der Waals surface area (Å²) in [4.78, 5) is 16.9. The van der Waals surface area contributed by atoms with Crippen LogP contribution < -0.4 is 15.5 Å². The topological polar surface area (TPSA) is 47.6 Å². The Balaban J connectivity index is 1.32. The van der Waals surface area contributed by atoms with Crippen LogP contribution in [0.3, 0.4) is 0 Å². The average Bonchev–Trinajstić information content (AvgIpc) is 2.72. The first-order chi connectivity index (χ1) is 13.6. The lowest BCUT2D eigenvalue weighted by Gasteiger charge is -2.36. The van der Waals surface area contributed by atoms with Gasteiger partial charge in [-0.25, -0.2) is 9.18 Å². The van der Waals surface area contributed by atoms with Crippen LogP contribution in [-0.4, -0.2) is 49.7 Å². The fraction of sp³-hybridized carbons (Fsp3) is 0.409. The number of carbonyl (C=O) groups excluding carboxylic acids is 1. The van der Waals surface area contributed by atoms with Crippen LogP contribution in [0.5, 0.6) is 0 Å². The lowest BCUT2D eigenvalue weighted by Crippen LogP contribution is -2.48. The third kappa shape index (κ3) is 6.23. The van der Waals surface area contributed by atoms with Gasteiger partial charge >= 0.3 is 6.03 Å². The van der Waals surface area contributed by atoms with Gasteiger partial charge in [0.15, 0.2) is 0 Å². The maximum atomic E-state index is 13.2. The van der Waals surface area contributed by atoms with Gasteiger partial charge in [0.2, 0.25) is 0 Å². The molecule has 2 N–H and O–H groups in total. The fourth-order valence-electron chi connectivity index (χ4n) is 3.42. The van der Waals surface area contributed by atoms with Crippen LogP contribution in [-0.2, 0) is 6.54 Å². The molecule has 5 nitrogen and oxygen atoms in total. The molecule has 2 aromatic rings. The Hall–Kier alpha value is -2.60. The Morgan fingerprint density at radius 2 is 1.82 bits per heavy atom. The summed E-state index contributed by atoms with van der Waals surface area (Å²) in [5.41, 5.74) is 2.03. The van der Waals surface area contributed by atoms with Crippen LogP contribution in [0.15, 0.2) is 54.6 Å². The molecule has 1 unspecified atom stereocenters. The number of urea groups is 1. The molecule has 0 saturated carbocycles. The van der Waals surface area contributed by atoms with E-state index < -0.39 is 0 Å². The third-order valence-electron chi connectivity index (χ3n) is 5.09. The smallest absolute Gasteiger partial charge is 0.315 e. The normalized spacial score (nSPS) is 15.9. The highest BCUT2D eigenvalue weighted by atomic mass is 19.1. The quantitative estimate of drug-likeness (QED) is 0.771. The Bertz CT molecular complexity index is 747. The monoisotopic (exact) mass is 384 g/mol. The molecule has 2 aromatic carbocycles. The summed E-state index contributed by atoms with van der Waals surface area (Å²) in [6, 6.07) is 16.6. The molecule has 1 saturated heterocycles. The van der Waals surface area contributed by atoms with E-state index in [-0.39, 0.29) is 17.9 Å². The largest absolute Gasteiger partial charge is 0.369 e. The molecular formula is C22H29FN4O. The van der Waals surface area contributed by atoms with Gasteiger partial charge in [-0.1, -0.05) is 30.3 Å². The minimum absolute atomic E-state index is 0.0830. The summed E-state index contributed by atoms with van der Waals surface area (Å²) in [5, 5.41) is 5.74. The van der Waals surface area contributed by atoms with Crippen molar-refractivity contribution in [3.8, 4) is 0 Å². The van der Waals surface area contributed by atoms with Crippen molar-refractivity contribution in [3.63, 3.8) is 0 Å². The van der Waals surface area contributed by atoms with Gasteiger partial charge in [0.1, 0.15) is 5.82 Å². The number of para-hydroxylation sites is 1. The third-order valence-corrected chi connectivity index (χ3v) is 5.09. The first-order valence-electron chi connectivity index (χ1n) is 9.91. The number of nitrogens with zero attached hydrogens (tertiary/aromatic N) is 2. The van der Waals surface area contributed by atoms with Crippen LogP contribution in [0, 0.1) is 5.82 Å². The van der Waals surface area contributed by atoms with Gasteiger partial charge in [-0.2, -0.15) is 0 Å². The Kier molecular flexibility index (Phi) is 7.25. The highest BCUT2D eigenvalue weighted by molar-refractivity contribution is 5.74. The number of piperazine rings is 1. The van der Waals surface area contributed by atoms with E-state index in [1.807, 2.05) is 13.0 Å². The van der Waals surface area contributed by atoms with E-state index in [0.717, 1.165) is 44.7 Å². The van der Waals surface area contributed by atoms with Crippen molar-refractivity contribution in [2.24, 2.45) is 0 Å². The van der Waals surface area contributed by atoms with E-state index in [1.165, 1.54) is 17.8 Å². The highest BCUT2D eigenvalue weighted by Gasteiger charge is 2.17. The molecule has 1 atom stereocenters. The van der Waals surface area contributed by atoms with Crippen molar-refractivity contribution in [1.29, 1.82) is 0 Å².